The van der Waals surface area contributed by atoms with E-state index in [2.05, 4.69) is 41.8 Å². The van der Waals surface area contributed by atoms with Crippen LogP contribution in [0.15, 0.2) is 24.3 Å². The molecular weight excluding hydrogens is 506 g/mol. The summed E-state index contributed by atoms with van der Waals surface area (Å²) in [5.41, 5.74) is 9.22. The molecule has 4 N–H and O–H groups in total. The summed E-state index contributed by atoms with van der Waals surface area (Å²) in [5.74, 6) is 4.42. The van der Waals surface area contributed by atoms with E-state index in [4.69, 9.17) is 18.9 Å². The summed E-state index contributed by atoms with van der Waals surface area (Å²) in [6.45, 7) is 5.99. The fourth-order valence-corrected chi connectivity index (χ4v) is 7.63. The number of methoxy groups -OCH3 is 4. The number of amides is 1. The fourth-order valence-electron chi connectivity index (χ4n) is 7.63. The van der Waals surface area contributed by atoms with Crippen LogP contribution in [0.2, 0.25) is 0 Å². The smallest absolute Gasteiger partial charge is 0.228 e. The summed E-state index contributed by atoms with van der Waals surface area (Å²) < 4.78 is 22.7. The van der Waals surface area contributed by atoms with Crippen LogP contribution >= 0.6 is 0 Å². The van der Waals surface area contributed by atoms with Crippen molar-refractivity contribution in [3.05, 3.63) is 46.5 Å². The zero-order valence-corrected chi connectivity index (χ0v) is 24.9. The first kappa shape index (κ1) is 28.6. The number of quaternary nitrogens is 2. The van der Waals surface area contributed by atoms with Crippen LogP contribution in [-0.4, -0.2) is 65.4 Å². The molecule has 5 rings (SSSR count). The van der Waals surface area contributed by atoms with E-state index >= 15 is 0 Å². The van der Waals surface area contributed by atoms with Gasteiger partial charge in [-0.3, -0.25) is 4.79 Å². The van der Waals surface area contributed by atoms with Crippen molar-refractivity contribution < 1.29 is 34.4 Å². The van der Waals surface area contributed by atoms with Gasteiger partial charge in [-0.1, -0.05) is 6.92 Å². The lowest BCUT2D eigenvalue weighted by molar-refractivity contribution is -0.944. The molecule has 3 aliphatic heterocycles. The maximum Gasteiger partial charge on any atom is 0.228 e. The van der Waals surface area contributed by atoms with Crippen molar-refractivity contribution in [3.63, 3.8) is 0 Å². The van der Waals surface area contributed by atoms with Crippen LogP contribution < -0.4 is 29.6 Å². The van der Waals surface area contributed by atoms with E-state index in [1.54, 1.807) is 33.3 Å². The molecule has 0 aliphatic carbocycles. The molecule has 8 heteroatoms. The Bertz CT molecular complexity index is 1220. The average molecular weight is 554 g/mol. The third-order valence-corrected chi connectivity index (χ3v) is 9.72. The zero-order valence-electron chi connectivity index (χ0n) is 24.9. The quantitative estimate of drug-likeness (QED) is 0.498. The van der Waals surface area contributed by atoms with Crippen LogP contribution in [0.3, 0.4) is 0 Å². The van der Waals surface area contributed by atoms with Crippen LogP contribution in [-0.2, 0) is 17.6 Å². The molecular formula is C32H47N3O5+2. The molecule has 3 aliphatic rings. The number of carbonyl (C=O) groups is 1. The highest BCUT2D eigenvalue weighted by atomic mass is 16.5. The SMILES string of the molecule is CC[C@H]1C[NH+]2CCc3cc(OC)c(OC)cc3C2C[C@@H]1C[C@@H]1c2cc(OC)c(OC)cc2CCN1C(=O)CC[NH3+]. The largest absolute Gasteiger partial charge is 0.493 e. The molecule has 0 aromatic heterocycles. The molecule has 0 spiro atoms. The van der Waals surface area contributed by atoms with Gasteiger partial charge in [0, 0.05) is 30.9 Å². The highest BCUT2D eigenvalue weighted by molar-refractivity contribution is 5.77. The fraction of sp³-hybridized carbons (Fsp3) is 0.594. The van der Waals surface area contributed by atoms with Gasteiger partial charge in [-0.15, -0.1) is 0 Å². The number of carbonyl (C=O) groups excluding carboxylic acids is 1. The van der Waals surface area contributed by atoms with Crippen molar-refractivity contribution in [2.75, 3.05) is 54.6 Å². The topological polar surface area (TPSA) is 89.3 Å². The molecule has 2 unspecified atom stereocenters. The Labute approximate surface area is 238 Å². The minimum absolute atomic E-state index is 0.0247. The number of benzene rings is 2. The van der Waals surface area contributed by atoms with Crippen molar-refractivity contribution in [1.82, 2.24) is 4.90 Å². The van der Waals surface area contributed by atoms with Gasteiger partial charge < -0.3 is 34.5 Å². The number of rotatable bonds is 9. The second-order valence-electron chi connectivity index (χ2n) is 11.6. The molecule has 5 atom stereocenters. The first-order valence-electron chi connectivity index (χ1n) is 14.9. The Balaban J connectivity index is 1.50. The van der Waals surface area contributed by atoms with Crippen LogP contribution in [0.4, 0.5) is 0 Å². The number of nitrogens with zero attached hydrogens (tertiary/aromatic N) is 1. The predicted molar refractivity (Wildman–Crippen MR) is 153 cm³/mol. The van der Waals surface area contributed by atoms with E-state index in [0.717, 1.165) is 74.7 Å². The summed E-state index contributed by atoms with van der Waals surface area (Å²) in [6, 6.07) is 9.09. The molecule has 1 fully saturated rings. The molecule has 2 aromatic carbocycles. The number of nitrogens with one attached hydrogen (secondary N) is 1. The van der Waals surface area contributed by atoms with E-state index in [1.807, 2.05) is 0 Å². The van der Waals surface area contributed by atoms with Crippen molar-refractivity contribution >= 4 is 5.91 Å². The lowest BCUT2D eigenvalue weighted by atomic mass is 9.72. The van der Waals surface area contributed by atoms with Crippen molar-refractivity contribution in [3.8, 4) is 23.0 Å². The number of piperidine rings is 1. The van der Waals surface area contributed by atoms with Gasteiger partial charge in [0.05, 0.1) is 60.5 Å². The Kier molecular flexibility index (Phi) is 8.76. The Hall–Kier alpha value is -2.97. The lowest BCUT2D eigenvalue weighted by Gasteiger charge is -2.47. The Morgan fingerprint density at radius 2 is 1.50 bits per heavy atom. The van der Waals surface area contributed by atoms with Gasteiger partial charge in [-0.2, -0.15) is 0 Å². The van der Waals surface area contributed by atoms with Gasteiger partial charge in [0.15, 0.2) is 23.0 Å². The Morgan fingerprint density at radius 1 is 0.900 bits per heavy atom. The van der Waals surface area contributed by atoms with Crippen molar-refractivity contribution in [2.45, 2.75) is 57.5 Å². The van der Waals surface area contributed by atoms with E-state index in [-0.39, 0.29) is 11.9 Å². The highest BCUT2D eigenvalue weighted by Gasteiger charge is 2.44. The molecule has 8 nitrogen and oxygen atoms in total. The molecule has 0 bridgehead atoms. The third kappa shape index (κ3) is 5.23. The highest BCUT2D eigenvalue weighted by Crippen LogP contribution is 2.45. The maximum atomic E-state index is 13.4. The monoisotopic (exact) mass is 553 g/mol. The number of hydrogen-bond donors (Lipinski definition) is 2. The van der Waals surface area contributed by atoms with Crippen LogP contribution in [0.25, 0.3) is 0 Å². The van der Waals surface area contributed by atoms with E-state index in [9.17, 15) is 4.79 Å². The van der Waals surface area contributed by atoms with Gasteiger partial charge >= 0.3 is 0 Å². The van der Waals surface area contributed by atoms with Crippen LogP contribution in [0.1, 0.15) is 66.9 Å². The maximum absolute atomic E-state index is 13.4. The summed E-state index contributed by atoms with van der Waals surface area (Å²) in [4.78, 5) is 17.2. The third-order valence-electron chi connectivity index (χ3n) is 9.72. The summed E-state index contributed by atoms with van der Waals surface area (Å²) >= 11 is 0. The molecule has 0 saturated carbocycles. The first-order chi connectivity index (χ1) is 19.5. The summed E-state index contributed by atoms with van der Waals surface area (Å²) in [5, 5.41) is 0. The first-order valence-corrected chi connectivity index (χ1v) is 14.9. The van der Waals surface area contributed by atoms with Gasteiger partial charge in [0.2, 0.25) is 5.91 Å². The van der Waals surface area contributed by atoms with Gasteiger partial charge in [0.25, 0.3) is 0 Å². The average Bonchev–Trinajstić information content (AvgIpc) is 2.99. The molecule has 1 saturated heterocycles. The minimum Gasteiger partial charge on any atom is -0.493 e. The number of hydrogen-bond acceptors (Lipinski definition) is 5. The van der Waals surface area contributed by atoms with Crippen molar-refractivity contribution in [2.24, 2.45) is 11.8 Å². The molecule has 40 heavy (non-hydrogen) atoms. The van der Waals surface area contributed by atoms with E-state index in [0.29, 0.717) is 30.8 Å². The normalized spacial score (nSPS) is 25.4. The molecule has 0 radical (unpaired) electrons. The molecule has 3 heterocycles. The summed E-state index contributed by atoms with van der Waals surface area (Å²) in [7, 11) is 6.80. The second kappa shape index (κ2) is 12.3. The Morgan fingerprint density at radius 3 is 2.10 bits per heavy atom. The van der Waals surface area contributed by atoms with Gasteiger partial charge in [-0.25, -0.2) is 0 Å². The van der Waals surface area contributed by atoms with Gasteiger partial charge in [0.1, 0.15) is 6.04 Å². The minimum atomic E-state index is 0.0247. The lowest BCUT2D eigenvalue weighted by Crippen LogP contribution is -3.15. The van der Waals surface area contributed by atoms with E-state index in [1.165, 1.54) is 22.3 Å². The van der Waals surface area contributed by atoms with Crippen molar-refractivity contribution in [1.29, 1.82) is 0 Å². The van der Waals surface area contributed by atoms with E-state index < -0.39 is 0 Å². The molecule has 218 valence electrons. The summed E-state index contributed by atoms with van der Waals surface area (Å²) in [6.07, 6.45) is 5.58. The standard InChI is InChI=1S/C32H45N3O5/c1-6-20-19-34-11-8-21-15-28(37-2)30(39-4)17-24(21)26(34)13-23(20)14-27-25-18-31(40-5)29(38-3)16-22(25)9-12-35(27)32(36)7-10-33/h15-18,20,23,26-27H,6-14,19,33H2,1-5H3/p+2/t20-,23+,26?,27+/m0/s1. The number of fused-ring (bicyclic) bond motifs is 4. The van der Waals surface area contributed by atoms with Crippen LogP contribution in [0, 0.1) is 11.8 Å². The van der Waals surface area contributed by atoms with Gasteiger partial charge in [-0.05, 0) is 66.1 Å². The van der Waals surface area contributed by atoms with Crippen LogP contribution in [0.5, 0.6) is 23.0 Å². The molecule has 1 amide bonds. The number of ether oxygens (including phenoxy) is 4. The zero-order chi connectivity index (χ0) is 28.4. The second-order valence-corrected chi connectivity index (χ2v) is 11.6. The predicted octanol–water partition coefficient (Wildman–Crippen LogP) is 2.40. The molecule has 2 aromatic rings.